The second-order valence-electron chi connectivity index (χ2n) is 7.36. The van der Waals surface area contributed by atoms with E-state index in [1.807, 2.05) is 54.6 Å². The monoisotopic (exact) mass is 434 g/mol. The molecule has 166 valence electrons. The first-order valence-electron chi connectivity index (χ1n) is 10.5. The van der Waals surface area contributed by atoms with Gasteiger partial charge in [0.05, 0.1) is 20.3 Å². The van der Waals surface area contributed by atoms with Gasteiger partial charge in [0.25, 0.3) is 0 Å². The molecule has 1 heterocycles. The predicted octanol–water partition coefficient (Wildman–Crippen LogP) is 5.35. The number of hydrogen-bond acceptors (Lipinski definition) is 6. The second kappa shape index (κ2) is 11.0. The second-order valence-corrected chi connectivity index (χ2v) is 7.36. The van der Waals surface area contributed by atoms with Crippen LogP contribution in [0.4, 0.5) is 0 Å². The zero-order valence-electron chi connectivity index (χ0n) is 18.2. The van der Waals surface area contributed by atoms with Crippen LogP contribution < -0.4 is 9.47 Å². The molecule has 7 nitrogen and oxygen atoms in total. The van der Waals surface area contributed by atoms with E-state index in [9.17, 15) is 4.79 Å². The van der Waals surface area contributed by atoms with E-state index < -0.39 is 11.9 Å². The van der Waals surface area contributed by atoms with Crippen molar-refractivity contribution >= 4 is 5.97 Å². The molecule has 0 spiro atoms. The molecular weight excluding hydrogens is 408 g/mol. The van der Waals surface area contributed by atoms with Crippen LogP contribution in [-0.2, 0) is 11.2 Å². The van der Waals surface area contributed by atoms with Gasteiger partial charge >= 0.3 is 5.97 Å². The summed E-state index contributed by atoms with van der Waals surface area (Å²) in [6, 6.07) is 17.1. The number of carboxylic acids is 1. The third-order valence-corrected chi connectivity index (χ3v) is 5.22. The molecule has 0 radical (unpaired) electrons. The van der Waals surface area contributed by atoms with Crippen molar-refractivity contribution in [3.63, 3.8) is 0 Å². The van der Waals surface area contributed by atoms with Crippen molar-refractivity contribution in [3.8, 4) is 40.1 Å². The maximum absolute atomic E-state index is 10.9. The van der Waals surface area contributed by atoms with Crippen molar-refractivity contribution in [1.29, 1.82) is 5.26 Å². The van der Waals surface area contributed by atoms with E-state index in [0.29, 0.717) is 30.9 Å². The standard InChI is InChI=1S/C25H26N2O5/c1-30-20-12-8-17(9-13-20)23-24(18-10-14-21(31-2)15-11-18)32-22(27-23)7-5-3-4-6-19(16-26)25(28)29/h8-15,19H,3-7H2,1-2H3,(H,28,29). The lowest BCUT2D eigenvalue weighted by molar-refractivity contribution is -0.140. The van der Waals surface area contributed by atoms with Crippen LogP contribution in [-0.4, -0.2) is 30.3 Å². The topological polar surface area (TPSA) is 106 Å². The van der Waals surface area contributed by atoms with E-state index in [4.69, 9.17) is 29.2 Å². The fourth-order valence-electron chi connectivity index (χ4n) is 3.40. The van der Waals surface area contributed by atoms with Crippen molar-refractivity contribution in [1.82, 2.24) is 4.98 Å². The number of hydrogen-bond donors (Lipinski definition) is 1. The van der Waals surface area contributed by atoms with E-state index in [2.05, 4.69) is 0 Å². The Balaban J connectivity index is 1.76. The Kier molecular flexibility index (Phi) is 7.87. The lowest BCUT2D eigenvalue weighted by Crippen LogP contribution is -2.10. The number of benzene rings is 2. The van der Waals surface area contributed by atoms with Crippen LogP contribution in [0.25, 0.3) is 22.6 Å². The van der Waals surface area contributed by atoms with Gasteiger partial charge in [0.15, 0.2) is 11.7 Å². The number of unbranched alkanes of at least 4 members (excludes halogenated alkanes) is 2. The highest BCUT2D eigenvalue weighted by Crippen LogP contribution is 2.34. The molecule has 1 aromatic heterocycles. The van der Waals surface area contributed by atoms with Crippen molar-refractivity contribution < 1.29 is 23.8 Å². The van der Waals surface area contributed by atoms with Gasteiger partial charge in [-0.1, -0.05) is 12.8 Å². The maximum atomic E-state index is 10.9. The Labute approximate surface area is 187 Å². The Hall–Kier alpha value is -3.79. The number of carbonyl (C=O) groups is 1. The lowest BCUT2D eigenvalue weighted by Gasteiger charge is -2.04. The van der Waals surface area contributed by atoms with Gasteiger partial charge in [-0.25, -0.2) is 4.98 Å². The summed E-state index contributed by atoms with van der Waals surface area (Å²) in [7, 11) is 3.25. The van der Waals surface area contributed by atoms with Crippen molar-refractivity contribution in [2.45, 2.75) is 32.1 Å². The minimum atomic E-state index is -1.06. The van der Waals surface area contributed by atoms with Gasteiger partial charge in [0, 0.05) is 17.5 Å². The molecule has 0 aliphatic heterocycles. The number of oxazole rings is 1. The van der Waals surface area contributed by atoms with Gasteiger partial charge in [-0.15, -0.1) is 0 Å². The first kappa shape index (κ1) is 22.9. The molecule has 0 amide bonds. The molecule has 0 aliphatic carbocycles. The number of nitrogens with zero attached hydrogens (tertiary/aromatic N) is 2. The summed E-state index contributed by atoms with van der Waals surface area (Å²) in [5.74, 6) is 0.825. The number of ether oxygens (including phenoxy) is 2. The number of carboxylic acid groups (broad SMARTS) is 1. The van der Waals surface area contributed by atoms with Crippen LogP contribution >= 0.6 is 0 Å². The Morgan fingerprint density at radius 3 is 2.12 bits per heavy atom. The summed E-state index contributed by atoms with van der Waals surface area (Å²) < 4.78 is 16.6. The predicted molar refractivity (Wildman–Crippen MR) is 119 cm³/mol. The van der Waals surface area contributed by atoms with Gasteiger partial charge in [-0.2, -0.15) is 5.26 Å². The number of nitriles is 1. The van der Waals surface area contributed by atoms with E-state index in [-0.39, 0.29) is 0 Å². The fourth-order valence-corrected chi connectivity index (χ4v) is 3.40. The van der Waals surface area contributed by atoms with Crippen molar-refractivity contribution in [2.24, 2.45) is 5.92 Å². The number of methoxy groups -OCH3 is 2. The largest absolute Gasteiger partial charge is 0.497 e. The molecular formula is C25H26N2O5. The highest BCUT2D eigenvalue weighted by atomic mass is 16.5. The van der Waals surface area contributed by atoms with Crippen LogP contribution in [0.1, 0.15) is 31.6 Å². The Morgan fingerprint density at radius 1 is 1.00 bits per heavy atom. The van der Waals surface area contributed by atoms with E-state index in [1.54, 1.807) is 14.2 Å². The molecule has 0 saturated heterocycles. The SMILES string of the molecule is COc1ccc(-c2nc(CCCCCC(C#N)C(=O)O)oc2-c2ccc(OC)cc2)cc1. The van der Waals surface area contributed by atoms with Gasteiger partial charge < -0.3 is 19.0 Å². The van der Waals surface area contributed by atoms with E-state index >= 15 is 0 Å². The molecule has 1 unspecified atom stereocenters. The molecule has 0 aliphatic rings. The van der Waals surface area contributed by atoms with Crippen LogP contribution in [0.3, 0.4) is 0 Å². The van der Waals surface area contributed by atoms with E-state index in [1.165, 1.54) is 0 Å². The van der Waals surface area contributed by atoms with Crippen LogP contribution in [0.15, 0.2) is 52.9 Å². The van der Waals surface area contributed by atoms with Crippen molar-refractivity contribution in [3.05, 3.63) is 54.4 Å². The third kappa shape index (κ3) is 5.67. The summed E-state index contributed by atoms with van der Waals surface area (Å²) >= 11 is 0. The lowest BCUT2D eigenvalue weighted by atomic mass is 10.0. The maximum Gasteiger partial charge on any atom is 0.320 e. The molecule has 7 heteroatoms. The van der Waals surface area contributed by atoms with Gasteiger partial charge in [-0.3, -0.25) is 4.79 Å². The summed E-state index contributed by atoms with van der Waals surface area (Å²) in [5, 5.41) is 17.8. The molecule has 0 fully saturated rings. The van der Waals surface area contributed by atoms with E-state index in [0.717, 1.165) is 41.2 Å². The van der Waals surface area contributed by atoms with Gasteiger partial charge in [-0.05, 0) is 61.4 Å². The minimum Gasteiger partial charge on any atom is -0.497 e. The molecule has 0 bridgehead atoms. The average Bonchev–Trinajstić information content (AvgIpc) is 3.25. The quantitative estimate of drug-likeness (QED) is 0.405. The summed E-state index contributed by atoms with van der Waals surface area (Å²) in [6.07, 6.45) is 3.24. The number of aromatic nitrogens is 1. The smallest absolute Gasteiger partial charge is 0.320 e. The van der Waals surface area contributed by atoms with Crippen LogP contribution in [0.2, 0.25) is 0 Å². The number of rotatable bonds is 11. The highest BCUT2D eigenvalue weighted by Gasteiger charge is 2.18. The van der Waals surface area contributed by atoms with Crippen LogP contribution in [0.5, 0.6) is 11.5 Å². The minimum absolute atomic E-state index is 0.353. The van der Waals surface area contributed by atoms with Gasteiger partial charge in [0.2, 0.25) is 0 Å². The first-order chi connectivity index (χ1) is 15.5. The first-order valence-corrected chi connectivity index (χ1v) is 10.5. The number of aryl methyl sites for hydroxylation is 1. The Morgan fingerprint density at radius 2 is 1.59 bits per heavy atom. The third-order valence-electron chi connectivity index (χ3n) is 5.22. The van der Waals surface area contributed by atoms with Crippen molar-refractivity contribution in [2.75, 3.05) is 14.2 Å². The molecule has 3 aromatic rings. The molecule has 1 atom stereocenters. The number of aliphatic carboxylic acids is 1. The highest BCUT2D eigenvalue weighted by molar-refractivity contribution is 5.77. The molecule has 0 saturated carbocycles. The zero-order chi connectivity index (χ0) is 22.9. The zero-order valence-corrected chi connectivity index (χ0v) is 18.2. The summed E-state index contributed by atoms with van der Waals surface area (Å²) in [6.45, 7) is 0. The molecule has 2 aromatic carbocycles. The molecule has 32 heavy (non-hydrogen) atoms. The summed E-state index contributed by atoms with van der Waals surface area (Å²) in [4.78, 5) is 15.7. The fraction of sp³-hybridized carbons (Fsp3) is 0.320. The van der Waals surface area contributed by atoms with Crippen LogP contribution in [0, 0.1) is 17.2 Å². The van der Waals surface area contributed by atoms with Gasteiger partial charge in [0.1, 0.15) is 23.1 Å². The summed E-state index contributed by atoms with van der Waals surface area (Å²) in [5.41, 5.74) is 2.57. The molecule has 3 rings (SSSR count). The average molecular weight is 434 g/mol. The molecule has 1 N–H and O–H groups in total. The Bertz CT molecular complexity index is 1000. The normalized spacial score (nSPS) is 11.5.